The molecule has 1 aromatic rings. The highest BCUT2D eigenvalue weighted by Gasteiger charge is 2.61. The van der Waals surface area contributed by atoms with Crippen LogP contribution in [0, 0.1) is 11.8 Å². The number of hydrogen-bond donors (Lipinski definition) is 0. The first kappa shape index (κ1) is 18.5. The van der Waals surface area contributed by atoms with Crippen LogP contribution >= 0.6 is 0 Å². The fraction of sp³-hybridized carbons (Fsp3) is 0.700. The molecule has 4 aliphatic rings. The van der Waals surface area contributed by atoms with E-state index in [1.807, 2.05) is 24.2 Å². The van der Waals surface area contributed by atoms with E-state index < -0.39 is 10.0 Å². The van der Waals surface area contributed by atoms with Crippen molar-refractivity contribution >= 4 is 15.9 Å². The van der Waals surface area contributed by atoms with Crippen LogP contribution in [0.3, 0.4) is 0 Å². The average Bonchev–Trinajstić information content (AvgIpc) is 3.46. The lowest BCUT2D eigenvalue weighted by Gasteiger charge is -2.46. The Kier molecular flexibility index (Phi) is 4.30. The molecule has 5 rings (SSSR count). The van der Waals surface area contributed by atoms with E-state index in [1.54, 1.807) is 10.5 Å². The SMILES string of the molecule is CN1C(=O)[C@@H]2CN(Cc3cccnc3)C[C@@H]2C12CCN(S(=O)(=O)C1CC1)CC2. The molecular weight excluding hydrogens is 376 g/mol. The van der Waals surface area contributed by atoms with Gasteiger partial charge in [-0.15, -0.1) is 0 Å². The third-order valence-corrected chi connectivity index (χ3v) is 9.82. The summed E-state index contributed by atoms with van der Waals surface area (Å²) in [5.41, 5.74) is 0.976. The summed E-state index contributed by atoms with van der Waals surface area (Å²) in [5.74, 6) is 0.554. The summed E-state index contributed by atoms with van der Waals surface area (Å²) >= 11 is 0. The number of likely N-dealkylation sites (tertiary alicyclic amines) is 2. The number of carbonyl (C=O) groups excluding carboxylic acids is 1. The minimum absolute atomic E-state index is 0.0354. The van der Waals surface area contributed by atoms with Crippen molar-refractivity contribution in [1.29, 1.82) is 0 Å². The quantitative estimate of drug-likeness (QED) is 0.746. The Hall–Kier alpha value is -1.51. The number of carbonyl (C=O) groups is 1. The largest absolute Gasteiger partial charge is 0.339 e. The number of sulfonamides is 1. The van der Waals surface area contributed by atoms with E-state index in [0.717, 1.165) is 45.3 Å². The molecule has 1 saturated carbocycles. The van der Waals surface area contributed by atoms with Gasteiger partial charge in [0.05, 0.1) is 11.2 Å². The first-order valence-corrected chi connectivity index (χ1v) is 11.8. The molecule has 0 aromatic carbocycles. The Bertz CT molecular complexity index is 863. The number of hydrogen-bond acceptors (Lipinski definition) is 5. The Morgan fingerprint density at radius 1 is 1.21 bits per heavy atom. The van der Waals surface area contributed by atoms with Crippen LogP contribution in [0.2, 0.25) is 0 Å². The second-order valence-corrected chi connectivity index (χ2v) is 11.1. The van der Waals surface area contributed by atoms with E-state index in [0.29, 0.717) is 13.1 Å². The van der Waals surface area contributed by atoms with E-state index in [1.165, 1.54) is 5.56 Å². The number of aromatic nitrogens is 1. The number of nitrogens with zero attached hydrogens (tertiary/aromatic N) is 4. The Morgan fingerprint density at radius 2 is 1.96 bits per heavy atom. The fourth-order valence-corrected chi connectivity index (χ4v) is 7.53. The van der Waals surface area contributed by atoms with Crippen molar-refractivity contribution in [1.82, 2.24) is 19.1 Å². The zero-order chi connectivity index (χ0) is 19.5. The Balaban J connectivity index is 1.32. The van der Waals surface area contributed by atoms with Gasteiger partial charge >= 0.3 is 0 Å². The van der Waals surface area contributed by atoms with E-state index in [2.05, 4.69) is 16.0 Å². The van der Waals surface area contributed by atoms with E-state index >= 15 is 0 Å². The molecule has 0 N–H and O–H groups in total. The van der Waals surface area contributed by atoms with Crippen molar-refractivity contribution in [2.24, 2.45) is 11.8 Å². The summed E-state index contributed by atoms with van der Waals surface area (Å²) in [5, 5.41) is -0.154. The van der Waals surface area contributed by atoms with Crippen LogP contribution in [-0.4, -0.2) is 77.4 Å². The molecule has 2 atom stereocenters. The smallest absolute Gasteiger partial charge is 0.227 e. The maximum absolute atomic E-state index is 13.0. The van der Waals surface area contributed by atoms with Gasteiger partial charge in [0.2, 0.25) is 15.9 Å². The third kappa shape index (κ3) is 2.80. The van der Waals surface area contributed by atoms with Crippen LogP contribution in [0.1, 0.15) is 31.2 Å². The van der Waals surface area contributed by atoms with Crippen molar-refractivity contribution in [2.75, 3.05) is 33.2 Å². The monoisotopic (exact) mass is 404 g/mol. The lowest BCUT2D eigenvalue weighted by atomic mass is 9.75. The lowest BCUT2D eigenvalue weighted by molar-refractivity contribution is -0.133. The van der Waals surface area contributed by atoms with Gasteiger partial charge in [-0.1, -0.05) is 6.07 Å². The number of piperidine rings is 1. The van der Waals surface area contributed by atoms with Gasteiger partial charge in [0, 0.05) is 63.6 Å². The summed E-state index contributed by atoms with van der Waals surface area (Å²) in [7, 11) is -1.20. The minimum Gasteiger partial charge on any atom is -0.339 e. The normalized spacial score (nSPS) is 30.9. The predicted molar refractivity (Wildman–Crippen MR) is 105 cm³/mol. The van der Waals surface area contributed by atoms with Gasteiger partial charge in [0.1, 0.15) is 0 Å². The molecule has 7 nitrogen and oxygen atoms in total. The van der Waals surface area contributed by atoms with Gasteiger partial charge in [-0.3, -0.25) is 14.7 Å². The van der Waals surface area contributed by atoms with E-state index in [-0.39, 0.29) is 28.5 Å². The minimum atomic E-state index is -3.13. The number of amides is 1. The van der Waals surface area contributed by atoms with E-state index in [9.17, 15) is 13.2 Å². The standard InChI is InChI=1S/C20H28N4O3S/c1-22-19(25)17-13-23(12-15-3-2-8-21-11-15)14-18(17)20(22)6-9-24(10-7-20)28(26,27)16-4-5-16/h2-3,8,11,16-18H,4-7,9-10,12-14H2,1H3/t17-,18+/m1/s1. The van der Waals surface area contributed by atoms with Crippen molar-refractivity contribution in [3.05, 3.63) is 30.1 Å². The number of fused-ring (bicyclic) bond motifs is 2. The molecule has 8 heteroatoms. The molecule has 0 radical (unpaired) electrons. The number of pyridine rings is 1. The van der Waals surface area contributed by atoms with Gasteiger partial charge in [0.15, 0.2) is 0 Å². The van der Waals surface area contributed by atoms with Gasteiger partial charge in [-0.05, 0) is 37.3 Å². The maximum atomic E-state index is 13.0. The second-order valence-electron chi connectivity index (χ2n) is 8.91. The predicted octanol–water partition coefficient (Wildman–Crippen LogP) is 0.928. The van der Waals surface area contributed by atoms with Crippen molar-refractivity contribution < 1.29 is 13.2 Å². The van der Waals surface area contributed by atoms with Crippen LogP contribution in [0.15, 0.2) is 24.5 Å². The van der Waals surface area contributed by atoms with Gasteiger partial charge in [0.25, 0.3) is 0 Å². The first-order chi connectivity index (χ1) is 13.4. The van der Waals surface area contributed by atoms with Crippen LogP contribution in [0.25, 0.3) is 0 Å². The van der Waals surface area contributed by atoms with E-state index in [4.69, 9.17) is 0 Å². The molecule has 0 bridgehead atoms. The van der Waals surface area contributed by atoms with Crippen LogP contribution in [-0.2, 0) is 21.4 Å². The lowest BCUT2D eigenvalue weighted by Crippen LogP contribution is -2.56. The summed E-state index contributed by atoms with van der Waals surface area (Å²) in [6.45, 7) is 3.58. The van der Waals surface area contributed by atoms with Gasteiger partial charge in [-0.25, -0.2) is 12.7 Å². The Labute approximate surface area is 166 Å². The zero-order valence-corrected chi connectivity index (χ0v) is 17.1. The molecular formula is C20H28N4O3S. The van der Waals surface area contributed by atoms with Crippen molar-refractivity contribution in [2.45, 2.75) is 43.0 Å². The second kappa shape index (κ2) is 6.50. The fourth-order valence-electron chi connectivity index (χ4n) is 5.69. The topological polar surface area (TPSA) is 73.8 Å². The zero-order valence-electron chi connectivity index (χ0n) is 16.3. The molecule has 0 unspecified atom stereocenters. The summed E-state index contributed by atoms with van der Waals surface area (Å²) in [4.78, 5) is 21.5. The van der Waals surface area contributed by atoms with Crippen LogP contribution in [0.5, 0.6) is 0 Å². The highest BCUT2D eigenvalue weighted by molar-refractivity contribution is 7.90. The van der Waals surface area contributed by atoms with Gasteiger partial charge in [-0.2, -0.15) is 0 Å². The maximum Gasteiger partial charge on any atom is 0.227 e. The first-order valence-electron chi connectivity index (χ1n) is 10.3. The highest BCUT2D eigenvalue weighted by atomic mass is 32.2. The summed E-state index contributed by atoms with van der Waals surface area (Å²) in [6, 6.07) is 4.02. The molecule has 4 heterocycles. The average molecular weight is 405 g/mol. The molecule has 1 aliphatic carbocycles. The van der Waals surface area contributed by atoms with Crippen LogP contribution in [0.4, 0.5) is 0 Å². The molecule has 1 aromatic heterocycles. The molecule has 152 valence electrons. The molecule has 3 saturated heterocycles. The summed E-state index contributed by atoms with van der Waals surface area (Å²) < 4.78 is 26.9. The van der Waals surface area contributed by atoms with Crippen LogP contribution < -0.4 is 0 Å². The highest BCUT2D eigenvalue weighted by Crippen LogP contribution is 2.49. The molecule has 3 aliphatic heterocycles. The molecule has 28 heavy (non-hydrogen) atoms. The summed E-state index contributed by atoms with van der Waals surface area (Å²) in [6.07, 6.45) is 6.77. The number of rotatable bonds is 4. The van der Waals surface area contributed by atoms with Crippen molar-refractivity contribution in [3.63, 3.8) is 0 Å². The molecule has 4 fully saturated rings. The Morgan fingerprint density at radius 3 is 2.61 bits per heavy atom. The third-order valence-electron chi connectivity index (χ3n) is 7.42. The molecule has 1 amide bonds. The van der Waals surface area contributed by atoms with Crippen molar-refractivity contribution in [3.8, 4) is 0 Å². The molecule has 1 spiro atoms. The van der Waals surface area contributed by atoms with Gasteiger partial charge < -0.3 is 4.90 Å².